The molecule has 2 aromatic rings. The number of sulfonamides is 1. The molecule has 7 nitrogen and oxygen atoms in total. The van der Waals surface area contributed by atoms with Gasteiger partial charge in [-0.05, 0) is 49.4 Å². The van der Waals surface area contributed by atoms with E-state index in [1.54, 1.807) is 0 Å². The smallest absolute Gasteiger partial charge is 0.244 e. The Labute approximate surface area is 207 Å². The highest BCUT2D eigenvalue weighted by Crippen LogP contribution is 2.24. The lowest BCUT2D eigenvalue weighted by molar-refractivity contribution is -0.140. The summed E-state index contributed by atoms with van der Waals surface area (Å²) in [6, 6.07) is 12.3. The second kappa shape index (κ2) is 11.7. The molecule has 1 N–H and O–H groups in total. The second-order valence-corrected chi connectivity index (χ2v) is 11.0. The Balaban J connectivity index is 1.94. The summed E-state index contributed by atoms with van der Waals surface area (Å²) in [7, 11) is -3.98. The fourth-order valence-corrected chi connectivity index (χ4v) is 5.36. The van der Waals surface area contributed by atoms with E-state index in [1.165, 1.54) is 23.1 Å². The third kappa shape index (κ3) is 6.81. The van der Waals surface area contributed by atoms with Crippen LogP contribution in [0.1, 0.15) is 50.2 Å². The lowest BCUT2D eigenvalue weighted by Crippen LogP contribution is -2.53. The van der Waals surface area contributed by atoms with Gasteiger partial charge in [-0.25, -0.2) is 12.8 Å². The third-order valence-electron chi connectivity index (χ3n) is 6.49. The van der Waals surface area contributed by atoms with Crippen LogP contribution in [0.3, 0.4) is 0 Å². The molecule has 1 fully saturated rings. The molecule has 0 aliphatic heterocycles. The number of carbonyl (C=O) groups excluding carboxylic acids is 2. The van der Waals surface area contributed by atoms with Crippen molar-refractivity contribution >= 4 is 27.5 Å². The van der Waals surface area contributed by atoms with E-state index in [4.69, 9.17) is 0 Å². The molecule has 190 valence electrons. The fraction of sp³-hybridized carbons (Fsp3) is 0.462. The molecular weight excluding hydrogens is 469 g/mol. The van der Waals surface area contributed by atoms with E-state index in [0.717, 1.165) is 53.4 Å². The van der Waals surface area contributed by atoms with E-state index in [0.29, 0.717) is 6.42 Å². The Kier molecular flexibility index (Phi) is 8.88. The van der Waals surface area contributed by atoms with Crippen LogP contribution in [0.25, 0.3) is 0 Å². The molecule has 3 rings (SSSR count). The zero-order valence-electron chi connectivity index (χ0n) is 20.5. The van der Waals surface area contributed by atoms with Crippen LogP contribution in [0.2, 0.25) is 0 Å². The first-order valence-electron chi connectivity index (χ1n) is 12.0. The third-order valence-corrected chi connectivity index (χ3v) is 7.62. The largest absolute Gasteiger partial charge is 0.352 e. The number of nitrogens with zero attached hydrogens (tertiary/aromatic N) is 2. The minimum absolute atomic E-state index is 0.0814. The van der Waals surface area contributed by atoms with Gasteiger partial charge in [-0.3, -0.25) is 13.9 Å². The van der Waals surface area contributed by atoms with Crippen molar-refractivity contribution in [2.75, 3.05) is 17.1 Å². The van der Waals surface area contributed by atoms with Gasteiger partial charge < -0.3 is 10.2 Å². The molecule has 0 unspecified atom stereocenters. The van der Waals surface area contributed by atoms with Crippen LogP contribution in [-0.4, -0.2) is 50.0 Å². The molecule has 35 heavy (non-hydrogen) atoms. The first-order chi connectivity index (χ1) is 16.6. The number of anilines is 1. The van der Waals surface area contributed by atoms with Crippen molar-refractivity contribution in [2.24, 2.45) is 0 Å². The molecule has 1 atom stereocenters. The van der Waals surface area contributed by atoms with Crippen LogP contribution in [0.5, 0.6) is 0 Å². The fourth-order valence-electron chi connectivity index (χ4n) is 4.51. The van der Waals surface area contributed by atoms with Gasteiger partial charge in [0.1, 0.15) is 18.4 Å². The number of halogens is 1. The number of aryl methyl sites for hydroxylation is 1. The lowest BCUT2D eigenvalue weighted by atomic mass is 10.1. The summed E-state index contributed by atoms with van der Waals surface area (Å²) in [6.45, 7) is 3.26. The summed E-state index contributed by atoms with van der Waals surface area (Å²) >= 11 is 0. The molecule has 9 heteroatoms. The number of amides is 2. The van der Waals surface area contributed by atoms with E-state index < -0.39 is 34.3 Å². The topological polar surface area (TPSA) is 86.8 Å². The van der Waals surface area contributed by atoms with Crippen molar-refractivity contribution in [2.45, 2.75) is 64.6 Å². The van der Waals surface area contributed by atoms with E-state index in [2.05, 4.69) is 5.32 Å². The molecule has 0 heterocycles. The second-order valence-electron chi connectivity index (χ2n) is 9.08. The van der Waals surface area contributed by atoms with Gasteiger partial charge in [0, 0.05) is 12.6 Å². The quantitative estimate of drug-likeness (QED) is 0.535. The zero-order valence-corrected chi connectivity index (χ0v) is 21.4. The minimum Gasteiger partial charge on any atom is -0.352 e. The van der Waals surface area contributed by atoms with Gasteiger partial charge in [-0.15, -0.1) is 0 Å². The number of rotatable bonds is 10. The Hall–Kier alpha value is -2.94. The van der Waals surface area contributed by atoms with Crippen LogP contribution < -0.4 is 9.62 Å². The summed E-state index contributed by atoms with van der Waals surface area (Å²) in [5, 5.41) is 3.07. The first-order valence-corrected chi connectivity index (χ1v) is 13.8. The monoisotopic (exact) mass is 503 g/mol. The lowest BCUT2D eigenvalue weighted by Gasteiger charge is -2.33. The molecule has 0 radical (unpaired) electrons. The van der Waals surface area contributed by atoms with Gasteiger partial charge in [-0.1, -0.05) is 56.2 Å². The SMILES string of the molecule is CC[C@H](C(=O)NC1CCCC1)N(Cc1ccccc1C)C(=O)CN(c1ccccc1F)S(C)(=O)=O. The van der Waals surface area contributed by atoms with Crippen molar-refractivity contribution < 1.29 is 22.4 Å². The summed E-state index contributed by atoms with van der Waals surface area (Å²) in [5.74, 6) is -1.57. The van der Waals surface area contributed by atoms with E-state index in [9.17, 15) is 22.4 Å². The molecule has 2 aromatic carbocycles. The summed E-state index contributed by atoms with van der Waals surface area (Å²) in [5.41, 5.74) is 1.60. The number of hydrogen-bond donors (Lipinski definition) is 1. The zero-order chi connectivity index (χ0) is 25.6. The molecule has 1 aliphatic carbocycles. The normalized spacial score (nSPS) is 15.0. The Bertz CT molecular complexity index is 1150. The van der Waals surface area contributed by atoms with Gasteiger partial charge in [0.15, 0.2) is 0 Å². The van der Waals surface area contributed by atoms with E-state index >= 15 is 0 Å². The predicted octanol–water partition coefficient (Wildman–Crippen LogP) is 3.77. The van der Waals surface area contributed by atoms with Crippen molar-refractivity contribution in [3.8, 4) is 0 Å². The van der Waals surface area contributed by atoms with Crippen LogP contribution in [0.15, 0.2) is 48.5 Å². The number of nitrogens with one attached hydrogen (secondary N) is 1. The first kappa shape index (κ1) is 26.7. The molecule has 0 aromatic heterocycles. The average molecular weight is 504 g/mol. The molecule has 2 amide bonds. The average Bonchev–Trinajstić information content (AvgIpc) is 3.31. The van der Waals surface area contributed by atoms with Crippen LogP contribution in [0.4, 0.5) is 10.1 Å². The Morgan fingerprint density at radius 3 is 2.31 bits per heavy atom. The molecule has 0 bridgehead atoms. The van der Waals surface area contributed by atoms with Crippen molar-refractivity contribution in [3.63, 3.8) is 0 Å². The Morgan fingerprint density at radius 2 is 1.71 bits per heavy atom. The van der Waals surface area contributed by atoms with E-state index in [1.807, 2.05) is 38.1 Å². The van der Waals surface area contributed by atoms with Crippen molar-refractivity contribution in [1.29, 1.82) is 0 Å². The van der Waals surface area contributed by atoms with Crippen molar-refractivity contribution in [1.82, 2.24) is 10.2 Å². The Morgan fingerprint density at radius 1 is 1.09 bits per heavy atom. The number of hydrogen-bond acceptors (Lipinski definition) is 4. The van der Waals surface area contributed by atoms with Gasteiger partial charge in [-0.2, -0.15) is 0 Å². The maximum atomic E-state index is 14.5. The maximum Gasteiger partial charge on any atom is 0.244 e. The molecule has 1 aliphatic rings. The molecular formula is C26H34FN3O4S. The number of benzene rings is 2. The van der Waals surface area contributed by atoms with Crippen LogP contribution in [0, 0.1) is 12.7 Å². The van der Waals surface area contributed by atoms with Gasteiger partial charge in [0.2, 0.25) is 21.8 Å². The van der Waals surface area contributed by atoms with Crippen molar-refractivity contribution in [3.05, 3.63) is 65.5 Å². The van der Waals surface area contributed by atoms with Gasteiger partial charge >= 0.3 is 0 Å². The van der Waals surface area contributed by atoms with E-state index in [-0.39, 0.29) is 24.2 Å². The van der Waals surface area contributed by atoms with Crippen LogP contribution in [-0.2, 0) is 26.2 Å². The number of carbonyl (C=O) groups is 2. The highest BCUT2D eigenvalue weighted by atomic mass is 32.2. The standard InChI is InChI=1S/C26H34FN3O4S/c1-4-23(26(32)28-21-13-7-8-14-21)29(17-20-12-6-5-11-19(20)2)25(31)18-30(35(3,33)34)24-16-10-9-15-22(24)27/h5-6,9-12,15-16,21,23H,4,7-8,13-14,17-18H2,1-3H3,(H,28,32)/t23-/m1/s1. The van der Waals surface area contributed by atoms with Gasteiger partial charge in [0.25, 0.3) is 0 Å². The predicted molar refractivity (Wildman–Crippen MR) is 135 cm³/mol. The highest BCUT2D eigenvalue weighted by molar-refractivity contribution is 7.92. The molecule has 0 saturated heterocycles. The van der Waals surface area contributed by atoms with Crippen LogP contribution >= 0.6 is 0 Å². The minimum atomic E-state index is -3.98. The highest BCUT2D eigenvalue weighted by Gasteiger charge is 2.33. The number of para-hydroxylation sites is 1. The molecule has 1 saturated carbocycles. The summed E-state index contributed by atoms with van der Waals surface area (Å²) in [6.07, 6.45) is 5.21. The summed E-state index contributed by atoms with van der Waals surface area (Å²) < 4.78 is 40.4. The van der Waals surface area contributed by atoms with Gasteiger partial charge in [0.05, 0.1) is 11.9 Å². The molecule has 0 spiro atoms. The maximum absolute atomic E-state index is 14.5. The summed E-state index contributed by atoms with van der Waals surface area (Å²) in [4.78, 5) is 28.3.